The third kappa shape index (κ3) is 4.03. The van der Waals surface area contributed by atoms with Crippen LogP contribution in [0.1, 0.15) is 33.1 Å². The third-order valence-electron chi connectivity index (χ3n) is 4.83. The van der Waals surface area contributed by atoms with Crippen LogP contribution < -0.4 is 5.32 Å². The number of benzene rings is 1. The minimum Gasteiger partial charge on any atom is -0.345 e. The van der Waals surface area contributed by atoms with E-state index >= 15 is 0 Å². The van der Waals surface area contributed by atoms with E-state index in [0.29, 0.717) is 16.3 Å². The van der Waals surface area contributed by atoms with Gasteiger partial charge in [-0.1, -0.05) is 23.2 Å². The summed E-state index contributed by atoms with van der Waals surface area (Å²) in [6.45, 7) is 3.49. The molecule has 1 aromatic carbocycles. The summed E-state index contributed by atoms with van der Waals surface area (Å²) in [5.41, 5.74) is 1.15. The van der Waals surface area contributed by atoms with E-state index in [4.69, 9.17) is 23.2 Å². The Morgan fingerprint density at radius 1 is 1.12 bits per heavy atom. The standard InChI is InChI=1S/C20H15Cl2F3N6O/c1-10-17(22)11(2)31(29-10)14-5-3-12(4-6-14)19(32)26-8-16-27-28-18-15(20(23,24)25)7-13(21)9-30(16)18/h3-7,9H,8H2,1-2H3,(H,26,32). The normalized spacial score (nSPS) is 11.8. The van der Waals surface area contributed by atoms with E-state index in [1.807, 2.05) is 6.92 Å². The molecule has 3 aromatic heterocycles. The van der Waals surface area contributed by atoms with Crippen LogP contribution in [-0.2, 0) is 12.7 Å². The van der Waals surface area contributed by atoms with Gasteiger partial charge in [-0.3, -0.25) is 9.20 Å². The predicted octanol–water partition coefficient (Wildman–Crippen LogP) is 4.79. The van der Waals surface area contributed by atoms with Crippen LogP contribution in [0.5, 0.6) is 0 Å². The van der Waals surface area contributed by atoms with Gasteiger partial charge in [0.25, 0.3) is 5.91 Å². The second-order valence-electron chi connectivity index (χ2n) is 7.01. The van der Waals surface area contributed by atoms with Gasteiger partial charge >= 0.3 is 6.18 Å². The van der Waals surface area contributed by atoms with Gasteiger partial charge in [0.2, 0.25) is 0 Å². The van der Waals surface area contributed by atoms with Crippen molar-refractivity contribution in [1.82, 2.24) is 29.7 Å². The Morgan fingerprint density at radius 3 is 2.41 bits per heavy atom. The first-order chi connectivity index (χ1) is 15.1. The molecule has 3 heterocycles. The first-order valence-corrected chi connectivity index (χ1v) is 10.0. The zero-order chi connectivity index (χ0) is 23.2. The Kier molecular flexibility index (Phi) is 5.59. The van der Waals surface area contributed by atoms with E-state index in [1.54, 1.807) is 35.9 Å². The number of nitrogens with zero attached hydrogens (tertiary/aromatic N) is 5. The monoisotopic (exact) mass is 482 g/mol. The largest absolute Gasteiger partial charge is 0.420 e. The van der Waals surface area contributed by atoms with E-state index in [0.717, 1.165) is 21.8 Å². The van der Waals surface area contributed by atoms with Gasteiger partial charge in [-0.2, -0.15) is 18.3 Å². The van der Waals surface area contributed by atoms with Crippen molar-refractivity contribution in [3.05, 3.63) is 74.9 Å². The number of hydrogen-bond donors (Lipinski definition) is 1. The van der Waals surface area contributed by atoms with Crippen LogP contribution in [0.2, 0.25) is 10.0 Å². The number of carbonyl (C=O) groups is 1. The molecule has 0 aliphatic rings. The summed E-state index contributed by atoms with van der Waals surface area (Å²) in [7, 11) is 0. The number of carbonyl (C=O) groups excluding carboxylic acids is 1. The Balaban J connectivity index is 1.52. The molecule has 0 aliphatic heterocycles. The lowest BCUT2D eigenvalue weighted by molar-refractivity contribution is -0.136. The van der Waals surface area contributed by atoms with E-state index < -0.39 is 17.6 Å². The first-order valence-electron chi connectivity index (χ1n) is 9.27. The van der Waals surface area contributed by atoms with Gasteiger partial charge in [-0.15, -0.1) is 10.2 Å². The van der Waals surface area contributed by atoms with Crippen LogP contribution in [0.15, 0.2) is 36.5 Å². The molecule has 0 unspecified atom stereocenters. The van der Waals surface area contributed by atoms with Gasteiger partial charge in [0.05, 0.1) is 33.7 Å². The molecule has 0 spiro atoms. The Morgan fingerprint density at radius 2 is 1.81 bits per heavy atom. The molecular formula is C20H15Cl2F3N6O. The topological polar surface area (TPSA) is 77.1 Å². The van der Waals surface area contributed by atoms with Crippen LogP contribution in [0.4, 0.5) is 13.2 Å². The van der Waals surface area contributed by atoms with Crippen molar-refractivity contribution in [2.45, 2.75) is 26.6 Å². The van der Waals surface area contributed by atoms with E-state index in [-0.39, 0.29) is 23.0 Å². The number of aryl methyl sites for hydroxylation is 1. The molecule has 12 heteroatoms. The summed E-state index contributed by atoms with van der Waals surface area (Å²) in [6.07, 6.45) is -3.38. The van der Waals surface area contributed by atoms with Gasteiger partial charge in [0.15, 0.2) is 11.5 Å². The minimum absolute atomic E-state index is 0.107. The molecular weight excluding hydrogens is 468 g/mol. The van der Waals surface area contributed by atoms with Crippen molar-refractivity contribution in [1.29, 1.82) is 0 Å². The zero-order valence-corrected chi connectivity index (χ0v) is 18.2. The van der Waals surface area contributed by atoms with Crippen LogP contribution in [0.25, 0.3) is 11.3 Å². The molecule has 32 heavy (non-hydrogen) atoms. The Labute approximate surface area is 189 Å². The minimum atomic E-state index is -4.64. The van der Waals surface area contributed by atoms with Crippen LogP contribution in [-0.4, -0.2) is 30.3 Å². The van der Waals surface area contributed by atoms with Crippen molar-refractivity contribution in [2.24, 2.45) is 0 Å². The van der Waals surface area contributed by atoms with Crippen LogP contribution in [0, 0.1) is 13.8 Å². The second kappa shape index (κ2) is 8.10. The second-order valence-corrected chi connectivity index (χ2v) is 7.82. The number of amides is 1. The fourth-order valence-corrected chi connectivity index (χ4v) is 3.55. The summed E-state index contributed by atoms with van der Waals surface area (Å²) in [6, 6.07) is 7.43. The highest BCUT2D eigenvalue weighted by atomic mass is 35.5. The van der Waals surface area contributed by atoms with Crippen LogP contribution >= 0.6 is 23.2 Å². The summed E-state index contributed by atoms with van der Waals surface area (Å²) in [4.78, 5) is 12.5. The molecule has 7 nitrogen and oxygen atoms in total. The molecule has 0 fully saturated rings. The van der Waals surface area contributed by atoms with Crippen molar-refractivity contribution < 1.29 is 18.0 Å². The van der Waals surface area contributed by atoms with Crippen molar-refractivity contribution >= 4 is 34.8 Å². The molecule has 1 amide bonds. The average Bonchev–Trinajstić information content (AvgIpc) is 3.26. The van der Waals surface area contributed by atoms with Gasteiger partial charge in [0.1, 0.15) is 5.56 Å². The quantitative estimate of drug-likeness (QED) is 0.453. The number of fused-ring (bicyclic) bond motifs is 1. The number of halogens is 5. The first kappa shape index (κ1) is 22.1. The molecule has 1 N–H and O–H groups in total. The number of pyridine rings is 1. The predicted molar refractivity (Wildman–Crippen MR) is 112 cm³/mol. The smallest absolute Gasteiger partial charge is 0.345 e. The fraction of sp³-hybridized carbons (Fsp3) is 0.200. The summed E-state index contributed by atoms with van der Waals surface area (Å²) in [5, 5.41) is 14.8. The van der Waals surface area contributed by atoms with Crippen LogP contribution in [0.3, 0.4) is 0 Å². The average molecular weight is 483 g/mol. The third-order valence-corrected chi connectivity index (χ3v) is 5.59. The summed E-state index contributed by atoms with van der Waals surface area (Å²) in [5.74, 6) is -0.326. The van der Waals surface area contributed by atoms with Crippen molar-refractivity contribution in [3.8, 4) is 5.69 Å². The highest BCUT2D eigenvalue weighted by Gasteiger charge is 2.35. The zero-order valence-electron chi connectivity index (χ0n) is 16.7. The summed E-state index contributed by atoms with van der Waals surface area (Å²) < 4.78 is 42.5. The molecule has 0 aliphatic carbocycles. The number of alkyl halides is 3. The number of aromatic nitrogens is 5. The number of nitrogens with one attached hydrogen (secondary N) is 1. The summed E-state index contributed by atoms with van der Waals surface area (Å²) >= 11 is 12.0. The maximum Gasteiger partial charge on any atom is 0.420 e. The molecule has 166 valence electrons. The molecule has 0 bridgehead atoms. The Hall–Kier alpha value is -3.11. The molecule has 0 atom stereocenters. The van der Waals surface area contributed by atoms with Crippen molar-refractivity contribution in [3.63, 3.8) is 0 Å². The maximum atomic E-state index is 13.2. The highest BCUT2D eigenvalue weighted by Crippen LogP contribution is 2.33. The molecule has 0 saturated heterocycles. The van der Waals surface area contributed by atoms with E-state index in [2.05, 4.69) is 20.6 Å². The van der Waals surface area contributed by atoms with Gasteiger partial charge in [-0.25, -0.2) is 4.68 Å². The lowest BCUT2D eigenvalue weighted by Crippen LogP contribution is -2.24. The van der Waals surface area contributed by atoms with Gasteiger partial charge < -0.3 is 5.32 Å². The van der Waals surface area contributed by atoms with Crippen molar-refractivity contribution in [2.75, 3.05) is 0 Å². The number of rotatable bonds is 4. The lowest BCUT2D eigenvalue weighted by Gasteiger charge is -2.09. The molecule has 4 aromatic rings. The van der Waals surface area contributed by atoms with Gasteiger partial charge in [-0.05, 0) is 44.2 Å². The maximum absolute atomic E-state index is 13.2. The lowest BCUT2D eigenvalue weighted by atomic mass is 10.2. The van der Waals surface area contributed by atoms with Gasteiger partial charge in [0, 0.05) is 11.8 Å². The SMILES string of the molecule is Cc1nn(-c2ccc(C(=O)NCc3nnc4c(C(F)(F)F)cc(Cl)cn34)cc2)c(C)c1Cl. The number of hydrogen-bond acceptors (Lipinski definition) is 4. The Bertz CT molecular complexity index is 1330. The highest BCUT2D eigenvalue weighted by molar-refractivity contribution is 6.31. The van der Waals surface area contributed by atoms with E-state index in [1.165, 1.54) is 6.20 Å². The molecule has 0 radical (unpaired) electrons. The fourth-order valence-electron chi connectivity index (χ4n) is 3.23. The van der Waals surface area contributed by atoms with E-state index in [9.17, 15) is 18.0 Å². The molecule has 4 rings (SSSR count). The molecule has 0 saturated carbocycles.